The third-order valence-corrected chi connectivity index (χ3v) is 6.02. The van der Waals surface area contributed by atoms with Crippen molar-refractivity contribution in [1.29, 1.82) is 0 Å². The van der Waals surface area contributed by atoms with Crippen LogP contribution in [0, 0.1) is 0 Å². The van der Waals surface area contributed by atoms with Crippen LogP contribution in [0.4, 0.5) is 0 Å². The van der Waals surface area contributed by atoms with Crippen LogP contribution in [0.15, 0.2) is 48.8 Å². The van der Waals surface area contributed by atoms with Gasteiger partial charge in [0.2, 0.25) is 0 Å². The summed E-state index contributed by atoms with van der Waals surface area (Å²) in [6.45, 7) is 0.588. The largest absolute Gasteiger partial charge is 0.349 e. The van der Waals surface area contributed by atoms with Crippen LogP contribution in [0.5, 0.6) is 0 Å². The first kappa shape index (κ1) is 20.6. The summed E-state index contributed by atoms with van der Waals surface area (Å²) in [5, 5.41) is 3.92. The minimum Gasteiger partial charge on any atom is -0.349 e. The Kier molecular flexibility index (Phi) is 6.28. The SMILES string of the molecule is Cl.NCC1(c2cccc(Cl)c2)CCC(NC(=O)c2ccc3nc[nH]c3c2)CC1. The van der Waals surface area contributed by atoms with Gasteiger partial charge in [-0.1, -0.05) is 23.7 Å². The lowest BCUT2D eigenvalue weighted by Crippen LogP contribution is -2.45. The van der Waals surface area contributed by atoms with Gasteiger partial charge in [-0.05, 0) is 61.6 Å². The Labute approximate surface area is 175 Å². The molecular weight excluding hydrogens is 395 g/mol. The van der Waals surface area contributed by atoms with Gasteiger partial charge in [0.05, 0.1) is 17.4 Å². The first-order chi connectivity index (χ1) is 13.1. The molecule has 1 aliphatic rings. The average molecular weight is 419 g/mol. The molecule has 1 fully saturated rings. The van der Waals surface area contributed by atoms with Gasteiger partial charge in [-0.3, -0.25) is 4.79 Å². The molecule has 1 aromatic heterocycles. The van der Waals surface area contributed by atoms with Crippen molar-refractivity contribution in [2.75, 3.05) is 6.54 Å². The molecule has 4 N–H and O–H groups in total. The van der Waals surface area contributed by atoms with Crippen LogP contribution in [0.3, 0.4) is 0 Å². The zero-order valence-corrected chi connectivity index (χ0v) is 17.0. The summed E-state index contributed by atoms with van der Waals surface area (Å²) in [5.41, 5.74) is 9.69. The molecule has 1 amide bonds. The zero-order chi connectivity index (χ0) is 18.9. The molecule has 7 heteroatoms. The first-order valence-corrected chi connectivity index (χ1v) is 9.68. The Bertz CT molecular complexity index is 964. The van der Waals surface area contributed by atoms with Gasteiger partial charge in [0.1, 0.15) is 0 Å². The molecule has 5 nitrogen and oxygen atoms in total. The lowest BCUT2D eigenvalue weighted by molar-refractivity contribution is 0.0918. The van der Waals surface area contributed by atoms with Crippen LogP contribution < -0.4 is 11.1 Å². The molecule has 0 aliphatic heterocycles. The number of rotatable bonds is 4. The number of hydrogen-bond acceptors (Lipinski definition) is 3. The number of aromatic nitrogens is 2. The number of hydrogen-bond donors (Lipinski definition) is 3. The molecule has 0 radical (unpaired) electrons. The van der Waals surface area contributed by atoms with Gasteiger partial charge in [0.25, 0.3) is 5.91 Å². The standard InChI is InChI=1S/C21H23ClN4O.ClH/c22-16-3-1-2-15(11-16)21(12-23)8-6-17(7-9-21)26-20(27)14-4-5-18-19(10-14)25-13-24-18;/h1-5,10-11,13,17H,6-9,12,23H2,(H,24,25)(H,26,27);1H. The smallest absolute Gasteiger partial charge is 0.251 e. The molecule has 4 rings (SSSR count). The van der Waals surface area contributed by atoms with Gasteiger partial charge in [-0.2, -0.15) is 0 Å². The molecule has 0 atom stereocenters. The summed E-state index contributed by atoms with van der Waals surface area (Å²) in [5.74, 6) is -0.0421. The van der Waals surface area contributed by atoms with E-state index in [1.54, 1.807) is 6.33 Å². The normalized spacial score (nSPS) is 21.9. The second-order valence-electron chi connectivity index (χ2n) is 7.38. The van der Waals surface area contributed by atoms with E-state index in [1.807, 2.05) is 36.4 Å². The van der Waals surface area contributed by atoms with E-state index < -0.39 is 0 Å². The average Bonchev–Trinajstić information content (AvgIpc) is 3.16. The van der Waals surface area contributed by atoms with E-state index in [4.69, 9.17) is 17.3 Å². The molecule has 148 valence electrons. The van der Waals surface area contributed by atoms with E-state index >= 15 is 0 Å². The number of carbonyl (C=O) groups is 1. The van der Waals surface area contributed by atoms with E-state index in [0.717, 1.165) is 41.7 Å². The topological polar surface area (TPSA) is 83.8 Å². The van der Waals surface area contributed by atoms with Crippen LogP contribution in [0.1, 0.15) is 41.6 Å². The van der Waals surface area contributed by atoms with Crippen LogP contribution in [0.25, 0.3) is 11.0 Å². The molecule has 0 bridgehead atoms. The van der Waals surface area contributed by atoms with Crippen molar-refractivity contribution in [3.05, 3.63) is 64.9 Å². The molecule has 0 saturated heterocycles. The molecule has 0 unspecified atom stereocenters. The van der Waals surface area contributed by atoms with Crippen molar-refractivity contribution in [3.63, 3.8) is 0 Å². The summed E-state index contributed by atoms with van der Waals surface area (Å²) in [6.07, 6.45) is 5.32. The lowest BCUT2D eigenvalue weighted by Gasteiger charge is -2.40. The summed E-state index contributed by atoms with van der Waals surface area (Å²) >= 11 is 6.18. The highest BCUT2D eigenvalue weighted by Crippen LogP contribution is 2.39. The van der Waals surface area contributed by atoms with Crippen LogP contribution in [-0.2, 0) is 5.41 Å². The second-order valence-corrected chi connectivity index (χ2v) is 7.81. The van der Waals surface area contributed by atoms with Crippen molar-refractivity contribution in [2.45, 2.75) is 37.1 Å². The van der Waals surface area contributed by atoms with Crippen LogP contribution >= 0.6 is 24.0 Å². The van der Waals surface area contributed by atoms with E-state index in [9.17, 15) is 4.79 Å². The minimum atomic E-state index is -0.0546. The number of fused-ring (bicyclic) bond motifs is 1. The Morgan fingerprint density at radius 3 is 2.75 bits per heavy atom. The third kappa shape index (κ3) is 4.02. The predicted octanol–water partition coefficient (Wildman–Crippen LogP) is 4.21. The van der Waals surface area contributed by atoms with Gasteiger partial charge < -0.3 is 16.0 Å². The van der Waals surface area contributed by atoms with Crippen molar-refractivity contribution in [2.24, 2.45) is 5.73 Å². The predicted molar refractivity (Wildman–Crippen MR) is 115 cm³/mol. The Morgan fingerprint density at radius 2 is 2.04 bits per heavy atom. The van der Waals surface area contributed by atoms with Gasteiger partial charge in [-0.15, -0.1) is 12.4 Å². The summed E-state index contributed by atoms with van der Waals surface area (Å²) in [6, 6.07) is 13.7. The number of nitrogens with zero attached hydrogens (tertiary/aromatic N) is 1. The highest BCUT2D eigenvalue weighted by Gasteiger charge is 2.36. The van der Waals surface area contributed by atoms with Gasteiger partial charge in [-0.25, -0.2) is 4.98 Å². The second kappa shape index (κ2) is 8.52. The molecule has 1 aliphatic carbocycles. The summed E-state index contributed by atoms with van der Waals surface area (Å²) in [7, 11) is 0. The zero-order valence-electron chi connectivity index (χ0n) is 15.5. The van der Waals surface area contributed by atoms with Crippen molar-refractivity contribution >= 4 is 40.9 Å². The number of nitrogens with two attached hydrogens (primary N) is 1. The Hall–Kier alpha value is -2.08. The molecule has 28 heavy (non-hydrogen) atoms. The number of benzene rings is 2. The van der Waals surface area contributed by atoms with E-state index in [-0.39, 0.29) is 29.8 Å². The van der Waals surface area contributed by atoms with E-state index in [0.29, 0.717) is 12.1 Å². The van der Waals surface area contributed by atoms with Crippen LogP contribution in [0.2, 0.25) is 5.02 Å². The molecule has 1 saturated carbocycles. The van der Waals surface area contributed by atoms with Crippen LogP contribution in [-0.4, -0.2) is 28.5 Å². The van der Waals surface area contributed by atoms with Gasteiger partial charge >= 0.3 is 0 Å². The van der Waals surface area contributed by atoms with Crippen molar-refractivity contribution in [3.8, 4) is 0 Å². The monoisotopic (exact) mass is 418 g/mol. The maximum absolute atomic E-state index is 12.6. The van der Waals surface area contributed by atoms with E-state index in [2.05, 4.69) is 21.4 Å². The third-order valence-electron chi connectivity index (χ3n) is 5.79. The number of amides is 1. The highest BCUT2D eigenvalue weighted by atomic mass is 35.5. The fraction of sp³-hybridized carbons (Fsp3) is 0.333. The number of halogens is 2. The number of H-pyrrole nitrogens is 1. The molecule has 1 heterocycles. The lowest BCUT2D eigenvalue weighted by atomic mass is 9.68. The molecule has 2 aromatic carbocycles. The van der Waals surface area contributed by atoms with Gasteiger partial charge in [0.15, 0.2) is 0 Å². The number of imidazole rings is 1. The first-order valence-electron chi connectivity index (χ1n) is 9.30. The Balaban J connectivity index is 0.00000225. The van der Waals surface area contributed by atoms with Gasteiger partial charge in [0, 0.05) is 28.6 Å². The number of carbonyl (C=O) groups excluding carboxylic acids is 1. The fourth-order valence-electron chi connectivity index (χ4n) is 4.09. The summed E-state index contributed by atoms with van der Waals surface area (Å²) in [4.78, 5) is 19.9. The molecule has 0 spiro atoms. The van der Waals surface area contributed by atoms with Crippen molar-refractivity contribution < 1.29 is 4.79 Å². The fourth-order valence-corrected chi connectivity index (χ4v) is 4.28. The number of aromatic amines is 1. The quantitative estimate of drug-likeness (QED) is 0.593. The van der Waals surface area contributed by atoms with E-state index in [1.165, 1.54) is 5.56 Å². The molecule has 3 aromatic rings. The maximum Gasteiger partial charge on any atom is 0.251 e. The maximum atomic E-state index is 12.6. The highest BCUT2D eigenvalue weighted by molar-refractivity contribution is 6.30. The Morgan fingerprint density at radius 1 is 1.25 bits per heavy atom. The molecular formula is C21H24Cl2N4O. The van der Waals surface area contributed by atoms with Crippen molar-refractivity contribution in [1.82, 2.24) is 15.3 Å². The number of nitrogens with one attached hydrogen (secondary N) is 2. The minimum absolute atomic E-state index is 0. The summed E-state index contributed by atoms with van der Waals surface area (Å²) < 4.78 is 0.